The van der Waals surface area contributed by atoms with Crippen LogP contribution in [0.5, 0.6) is 0 Å². The van der Waals surface area contributed by atoms with E-state index in [-0.39, 0.29) is 23.9 Å². The minimum absolute atomic E-state index is 0.00848. The summed E-state index contributed by atoms with van der Waals surface area (Å²) >= 11 is 0. The standard InChI is InChI=1S/C22H27N5O2/c23-20-17-5-4-16(11-17)19(20)21(28)25-13-15-2-1-3-18(10-15)27-22(29)26-12-14-6-8-24-9-7-14/h1-3,6-10,16-17,19-20H,4-5,11-13,23H2,(H,25,28)(H2,26,27,29). The first-order valence-corrected chi connectivity index (χ1v) is 10.2. The van der Waals surface area contributed by atoms with Gasteiger partial charge < -0.3 is 21.7 Å². The molecule has 7 heteroatoms. The van der Waals surface area contributed by atoms with E-state index < -0.39 is 0 Å². The number of anilines is 1. The Morgan fingerprint density at radius 2 is 1.76 bits per heavy atom. The second-order valence-electron chi connectivity index (χ2n) is 8.02. The highest BCUT2D eigenvalue weighted by molar-refractivity contribution is 5.89. The SMILES string of the molecule is NC1C2CCC(C2)C1C(=O)NCc1cccc(NC(=O)NCc2ccncc2)c1. The number of carbonyl (C=O) groups excluding carboxylic acids is 2. The molecule has 7 nitrogen and oxygen atoms in total. The van der Waals surface area contributed by atoms with Crippen LogP contribution in [-0.4, -0.2) is 23.0 Å². The van der Waals surface area contributed by atoms with Gasteiger partial charge in [0.15, 0.2) is 0 Å². The second kappa shape index (κ2) is 8.61. The highest BCUT2D eigenvalue weighted by Gasteiger charge is 2.48. The summed E-state index contributed by atoms with van der Waals surface area (Å²) in [6.07, 6.45) is 6.75. The number of benzene rings is 1. The zero-order valence-corrected chi connectivity index (χ0v) is 16.3. The molecular formula is C22H27N5O2. The van der Waals surface area contributed by atoms with E-state index in [1.54, 1.807) is 12.4 Å². The Kier molecular flexibility index (Phi) is 5.76. The van der Waals surface area contributed by atoms with E-state index in [4.69, 9.17) is 5.73 Å². The lowest BCUT2D eigenvalue weighted by atomic mass is 9.84. The second-order valence-corrected chi connectivity index (χ2v) is 8.02. The molecule has 2 aromatic rings. The van der Waals surface area contributed by atoms with Crippen LogP contribution in [0, 0.1) is 17.8 Å². The van der Waals surface area contributed by atoms with Gasteiger partial charge in [-0.3, -0.25) is 9.78 Å². The number of nitrogens with one attached hydrogen (secondary N) is 3. The molecule has 4 atom stereocenters. The van der Waals surface area contributed by atoms with E-state index in [0.29, 0.717) is 30.6 Å². The number of hydrogen-bond acceptors (Lipinski definition) is 4. The Labute approximate surface area is 170 Å². The van der Waals surface area contributed by atoms with Crippen LogP contribution in [0.25, 0.3) is 0 Å². The molecule has 2 saturated carbocycles. The van der Waals surface area contributed by atoms with Gasteiger partial charge in [0.1, 0.15) is 0 Å². The lowest BCUT2D eigenvalue weighted by molar-refractivity contribution is -0.127. The van der Waals surface area contributed by atoms with E-state index >= 15 is 0 Å². The molecule has 1 heterocycles. The average molecular weight is 393 g/mol. The van der Waals surface area contributed by atoms with Crippen LogP contribution in [0.4, 0.5) is 10.5 Å². The number of pyridine rings is 1. The summed E-state index contributed by atoms with van der Waals surface area (Å²) in [5, 5.41) is 8.67. The van der Waals surface area contributed by atoms with Crippen molar-refractivity contribution >= 4 is 17.6 Å². The number of urea groups is 1. The van der Waals surface area contributed by atoms with Crippen molar-refractivity contribution in [3.8, 4) is 0 Å². The van der Waals surface area contributed by atoms with Gasteiger partial charge in [0, 0.05) is 37.2 Å². The fourth-order valence-corrected chi connectivity index (χ4v) is 4.65. The van der Waals surface area contributed by atoms with E-state index in [1.807, 2.05) is 36.4 Å². The third kappa shape index (κ3) is 4.56. The quantitative estimate of drug-likeness (QED) is 0.604. The number of amides is 3. The third-order valence-corrected chi connectivity index (χ3v) is 6.14. The number of aromatic nitrogens is 1. The van der Waals surface area contributed by atoms with Crippen molar-refractivity contribution < 1.29 is 9.59 Å². The zero-order chi connectivity index (χ0) is 20.2. The molecule has 3 amide bonds. The first kappa shape index (κ1) is 19.4. The monoisotopic (exact) mass is 393 g/mol. The Morgan fingerprint density at radius 3 is 2.52 bits per heavy atom. The Hall–Kier alpha value is -2.93. The summed E-state index contributed by atoms with van der Waals surface area (Å²) in [6.45, 7) is 0.849. The molecule has 29 heavy (non-hydrogen) atoms. The average Bonchev–Trinajstić information content (AvgIpc) is 3.33. The highest BCUT2D eigenvalue weighted by Crippen LogP contribution is 2.47. The highest BCUT2D eigenvalue weighted by atomic mass is 16.2. The van der Waals surface area contributed by atoms with Gasteiger partial charge >= 0.3 is 6.03 Å². The summed E-state index contributed by atoms with van der Waals surface area (Å²) in [5.41, 5.74) is 8.86. The maximum atomic E-state index is 12.6. The maximum Gasteiger partial charge on any atom is 0.319 e. The lowest BCUT2D eigenvalue weighted by Gasteiger charge is -2.27. The fourth-order valence-electron chi connectivity index (χ4n) is 4.65. The minimum Gasteiger partial charge on any atom is -0.352 e. The number of nitrogens with two attached hydrogens (primary N) is 1. The maximum absolute atomic E-state index is 12.6. The van der Waals surface area contributed by atoms with E-state index in [1.165, 1.54) is 0 Å². The molecule has 1 aromatic heterocycles. The summed E-state index contributed by atoms with van der Waals surface area (Å²) in [4.78, 5) is 28.7. The van der Waals surface area contributed by atoms with Crippen molar-refractivity contribution in [1.29, 1.82) is 0 Å². The first-order chi connectivity index (χ1) is 14.1. The third-order valence-electron chi connectivity index (χ3n) is 6.14. The van der Waals surface area contributed by atoms with Gasteiger partial charge in [-0.15, -0.1) is 0 Å². The summed E-state index contributed by atoms with van der Waals surface area (Å²) in [7, 11) is 0. The van der Waals surface area contributed by atoms with Crippen LogP contribution in [0.15, 0.2) is 48.8 Å². The van der Waals surface area contributed by atoms with Crippen molar-refractivity contribution in [2.45, 2.75) is 38.4 Å². The molecule has 0 radical (unpaired) electrons. The molecule has 0 spiro atoms. The van der Waals surface area contributed by atoms with Gasteiger partial charge in [-0.2, -0.15) is 0 Å². The molecule has 2 aliphatic carbocycles. The van der Waals surface area contributed by atoms with Crippen LogP contribution in [0.3, 0.4) is 0 Å². The Balaban J connectivity index is 1.27. The number of nitrogens with zero attached hydrogens (tertiary/aromatic N) is 1. The van der Waals surface area contributed by atoms with Crippen LogP contribution >= 0.6 is 0 Å². The van der Waals surface area contributed by atoms with Gasteiger partial charge in [0.2, 0.25) is 5.91 Å². The molecule has 4 unspecified atom stereocenters. The normalized spacial score (nSPS) is 24.9. The Morgan fingerprint density at radius 1 is 1.00 bits per heavy atom. The van der Waals surface area contributed by atoms with Crippen LogP contribution in [0.2, 0.25) is 0 Å². The number of rotatable bonds is 6. The molecule has 2 aliphatic rings. The predicted octanol–water partition coefficient (Wildman–Crippen LogP) is 2.39. The van der Waals surface area contributed by atoms with Crippen molar-refractivity contribution in [3.05, 3.63) is 59.9 Å². The largest absolute Gasteiger partial charge is 0.352 e. The number of carbonyl (C=O) groups is 2. The molecule has 152 valence electrons. The molecular weight excluding hydrogens is 366 g/mol. The molecule has 1 aromatic carbocycles. The molecule has 4 rings (SSSR count). The first-order valence-electron chi connectivity index (χ1n) is 10.2. The molecule has 2 bridgehead atoms. The number of hydrogen-bond donors (Lipinski definition) is 4. The van der Waals surface area contributed by atoms with E-state index in [0.717, 1.165) is 30.4 Å². The van der Waals surface area contributed by atoms with Gasteiger partial charge in [0.25, 0.3) is 0 Å². The van der Waals surface area contributed by atoms with Gasteiger partial charge in [-0.1, -0.05) is 12.1 Å². The summed E-state index contributed by atoms with van der Waals surface area (Å²) in [6, 6.07) is 10.9. The van der Waals surface area contributed by atoms with E-state index in [9.17, 15) is 9.59 Å². The van der Waals surface area contributed by atoms with Crippen LogP contribution in [0.1, 0.15) is 30.4 Å². The van der Waals surface area contributed by atoms with Crippen LogP contribution < -0.4 is 21.7 Å². The summed E-state index contributed by atoms with van der Waals surface area (Å²) in [5.74, 6) is 0.938. The Bertz CT molecular complexity index is 871. The minimum atomic E-state index is -0.282. The smallest absolute Gasteiger partial charge is 0.319 e. The molecule has 0 saturated heterocycles. The van der Waals surface area contributed by atoms with Gasteiger partial charge in [-0.05, 0) is 66.5 Å². The summed E-state index contributed by atoms with van der Waals surface area (Å²) < 4.78 is 0. The van der Waals surface area contributed by atoms with Crippen molar-refractivity contribution in [2.24, 2.45) is 23.5 Å². The van der Waals surface area contributed by atoms with Gasteiger partial charge in [0.05, 0.1) is 5.92 Å². The number of fused-ring (bicyclic) bond motifs is 2. The van der Waals surface area contributed by atoms with Crippen molar-refractivity contribution in [1.82, 2.24) is 15.6 Å². The molecule has 0 aliphatic heterocycles. The fraction of sp³-hybridized carbons (Fsp3) is 0.409. The zero-order valence-electron chi connectivity index (χ0n) is 16.3. The lowest BCUT2D eigenvalue weighted by Crippen LogP contribution is -2.45. The molecule has 2 fully saturated rings. The predicted molar refractivity (Wildman–Crippen MR) is 111 cm³/mol. The molecule has 5 N–H and O–H groups in total. The van der Waals surface area contributed by atoms with Gasteiger partial charge in [-0.25, -0.2) is 4.79 Å². The van der Waals surface area contributed by atoms with Crippen LogP contribution in [-0.2, 0) is 17.9 Å². The van der Waals surface area contributed by atoms with E-state index in [2.05, 4.69) is 20.9 Å². The van der Waals surface area contributed by atoms with Crippen molar-refractivity contribution in [2.75, 3.05) is 5.32 Å². The topological polar surface area (TPSA) is 109 Å². The van der Waals surface area contributed by atoms with Crippen molar-refractivity contribution in [3.63, 3.8) is 0 Å².